The Labute approximate surface area is 86.1 Å². The highest BCUT2D eigenvalue weighted by Crippen LogP contribution is 2.19. The summed E-state index contributed by atoms with van der Waals surface area (Å²) in [6, 6.07) is 0. The van der Waals surface area contributed by atoms with Gasteiger partial charge in [0, 0.05) is 26.3 Å². The predicted octanol–water partition coefficient (Wildman–Crippen LogP) is 0.716. The summed E-state index contributed by atoms with van der Waals surface area (Å²) in [6.45, 7) is 7.65. The lowest BCUT2D eigenvalue weighted by Crippen LogP contribution is -2.55. The summed E-state index contributed by atoms with van der Waals surface area (Å²) in [6.07, 6.45) is -0.146. The van der Waals surface area contributed by atoms with E-state index in [1.807, 2.05) is 0 Å². The Balaban J connectivity index is 2.48. The number of rotatable bonds is 4. The minimum atomic E-state index is -0.146. The molecule has 84 valence electrons. The highest BCUT2D eigenvalue weighted by Gasteiger charge is 2.31. The van der Waals surface area contributed by atoms with E-state index in [9.17, 15) is 0 Å². The minimum absolute atomic E-state index is 0.0769. The average molecular weight is 203 g/mol. The fourth-order valence-electron chi connectivity index (χ4n) is 1.65. The largest absolute Gasteiger partial charge is 0.378 e. The molecular weight excluding hydrogens is 182 g/mol. The first-order valence-corrected chi connectivity index (χ1v) is 4.98. The topological polar surface area (TPSA) is 30.9 Å². The van der Waals surface area contributed by atoms with E-state index in [0.717, 1.165) is 26.3 Å². The summed E-state index contributed by atoms with van der Waals surface area (Å²) >= 11 is 0. The zero-order valence-electron chi connectivity index (χ0n) is 9.58. The molecule has 14 heavy (non-hydrogen) atoms. The smallest absolute Gasteiger partial charge is 0.169 e. The van der Waals surface area contributed by atoms with Gasteiger partial charge in [0.1, 0.15) is 0 Å². The second-order valence-corrected chi connectivity index (χ2v) is 4.21. The Hall–Kier alpha value is -0.160. The van der Waals surface area contributed by atoms with Crippen LogP contribution in [0.4, 0.5) is 0 Å². The molecule has 1 aliphatic heterocycles. The monoisotopic (exact) mass is 203 g/mol. The van der Waals surface area contributed by atoms with E-state index in [1.54, 1.807) is 14.2 Å². The van der Waals surface area contributed by atoms with Gasteiger partial charge in [-0.05, 0) is 13.8 Å². The van der Waals surface area contributed by atoms with E-state index in [0.29, 0.717) is 0 Å². The zero-order chi connectivity index (χ0) is 10.6. The Morgan fingerprint density at radius 1 is 1.36 bits per heavy atom. The van der Waals surface area contributed by atoms with Gasteiger partial charge in [0.15, 0.2) is 6.29 Å². The fourth-order valence-corrected chi connectivity index (χ4v) is 1.65. The summed E-state index contributed by atoms with van der Waals surface area (Å²) in [5, 5.41) is 0. The Kier molecular flexibility index (Phi) is 4.31. The summed E-state index contributed by atoms with van der Waals surface area (Å²) in [5.74, 6) is 0. The quantitative estimate of drug-likeness (QED) is 0.630. The predicted molar refractivity (Wildman–Crippen MR) is 54.3 cm³/mol. The molecule has 0 radical (unpaired) electrons. The van der Waals surface area contributed by atoms with Crippen LogP contribution in [0.5, 0.6) is 0 Å². The van der Waals surface area contributed by atoms with Crippen LogP contribution in [-0.2, 0) is 14.2 Å². The molecule has 1 fully saturated rings. The molecule has 4 nitrogen and oxygen atoms in total. The number of ether oxygens (including phenoxy) is 3. The third kappa shape index (κ3) is 2.92. The lowest BCUT2D eigenvalue weighted by molar-refractivity contribution is -0.145. The Morgan fingerprint density at radius 3 is 2.50 bits per heavy atom. The van der Waals surface area contributed by atoms with Gasteiger partial charge in [-0.2, -0.15) is 0 Å². The molecule has 1 aliphatic rings. The summed E-state index contributed by atoms with van der Waals surface area (Å²) in [4.78, 5) is 2.34. The number of hydrogen-bond acceptors (Lipinski definition) is 4. The number of methoxy groups -OCH3 is 2. The van der Waals surface area contributed by atoms with E-state index in [4.69, 9.17) is 14.2 Å². The van der Waals surface area contributed by atoms with Crippen molar-refractivity contribution in [1.82, 2.24) is 4.90 Å². The normalized spacial score (nSPS) is 22.9. The van der Waals surface area contributed by atoms with Crippen LogP contribution in [0.3, 0.4) is 0 Å². The van der Waals surface area contributed by atoms with Crippen molar-refractivity contribution in [2.75, 3.05) is 40.5 Å². The van der Waals surface area contributed by atoms with Crippen molar-refractivity contribution in [2.24, 2.45) is 0 Å². The standard InChI is InChI=1S/C10H21NO3/c1-10(2)8-14-6-5-11(10)7-9(12-3)13-4/h9H,5-8H2,1-4H3. The molecule has 4 heteroatoms. The molecule has 0 unspecified atom stereocenters. The molecule has 1 saturated heterocycles. The van der Waals surface area contributed by atoms with Crippen LogP contribution >= 0.6 is 0 Å². The van der Waals surface area contributed by atoms with Crippen molar-refractivity contribution in [1.29, 1.82) is 0 Å². The van der Waals surface area contributed by atoms with Gasteiger partial charge in [-0.15, -0.1) is 0 Å². The summed E-state index contributed by atoms with van der Waals surface area (Å²) in [5.41, 5.74) is 0.0769. The van der Waals surface area contributed by atoms with E-state index in [1.165, 1.54) is 0 Å². The van der Waals surface area contributed by atoms with Gasteiger partial charge >= 0.3 is 0 Å². The molecule has 0 aromatic heterocycles. The van der Waals surface area contributed by atoms with Crippen molar-refractivity contribution >= 4 is 0 Å². The van der Waals surface area contributed by atoms with Gasteiger partial charge < -0.3 is 14.2 Å². The number of morpholine rings is 1. The minimum Gasteiger partial charge on any atom is -0.378 e. The van der Waals surface area contributed by atoms with Crippen LogP contribution in [0.15, 0.2) is 0 Å². The van der Waals surface area contributed by atoms with Crippen molar-refractivity contribution in [2.45, 2.75) is 25.7 Å². The highest BCUT2D eigenvalue weighted by atomic mass is 16.7. The Morgan fingerprint density at radius 2 is 2.00 bits per heavy atom. The van der Waals surface area contributed by atoms with Crippen LogP contribution in [0.2, 0.25) is 0 Å². The molecule has 0 N–H and O–H groups in total. The molecule has 0 atom stereocenters. The average Bonchev–Trinajstić information content (AvgIpc) is 2.16. The second-order valence-electron chi connectivity index (χ2n) is 4.21. The van der Waals surface area contributed by atoms with Gasteiger partial charge in [0.25, 0.3) is 0 Å². The molecule has 0 spiro atoms. The summed E-state index contributed by atoms with van der Waals surface area (Å²) < 4.78 is 15.8. The summed E-state index contributed by atoms with van der Waals surface area (Å²) in [7, 11) is 3.34. The molecule has 0 aromatic rings. The van der Waals surface area contributed by atoms with E-state index >= 15 is 0 Å². The highest BCUT2D eigenvalue weighted by molar-refractivity contribution is 4.84. The molecule has 1 heterocycles. The Bertz CT molecular complexity index is 169. The van der Waals surface area contributed by atoms with Crippen LogP contribution in [0.1, 0.15) is 13.8 Å². The van der Waals surface area contributed by atoms with Crippen molar-refractivity contribution in [3.8, 4) is 0 Å². The van der Waals surface area contributed by atoms with Gasteiger partial charge in [0.05, 0.1) is 19.8 Å². The molecule has 0 bridgehead atoms. The molecule has 1 rings (SSSR count). The van der Waals surface area contributed by atoms with Crippen molar-refractivity contribution < 1.29 is 14.2 Å². The van der Waals surface area contributed by atoms with Crippen LogP contribution in [0.25, 0.3) is 0 Å². The molecule has 0 aromatic carbocycles. The zero-order valence-corrected chi connectivity index (χ0v) is 9.58. The lowest BCUT2D eigenvalue weighted by Gasteiger charge is -2.43. The second kappa shape index (κ2) is 5.07. The van der Waals surface area contributed by atoms with E-state index in [2.05, 4.69) is 18.7 Å². The molecule has 0 saturated carbocycles. The van der Waals surface area contributed by atoms with E-state index in [-0.39, 0.29) is 11.8 Å². The van der Waals surface area contributed by atoms with Crippen LogP contribution in [0, 0.1) is 0 Å². The maximum atomic E-state index is 5.44. The van der Waals surface area contributed by atoms with Gasteiger partial charge in [-0.1, -0.05) is 0 Å². The lowest BCUT2D eigenvalue weighted by atomic mass is 10.0. The molecule has 0 aliphatic carbocycles. The maximum Gasteiger partial charge on any atom is 0.169 e. The molecular formula is C10H21NO3. The first kappa shape index (κ1) is 11.9. The van der Waals surface area contributed by atoms with Gasteiger partial charge in [0.2, 0.25) is 0 Å². The number of hydrogen-bond donors (Lipinski definition) is 0. The first-order valence-electron chi connectivity index (χ1n) is 4.98. The van der Waals surface area contributed by atoms with Gasteiger partial charge in [-0.25, -0.2) is 0 Å². The number of nitrogens with zero attached hydrogens (tertiary/aromatic N) is 1. The third-order valence-electron chi connectivity index (χ3n) is 2.71. The third-order valence-corrected chi connectivity index (χ3v) is 2.71. The van der Waals surface area contributed by atoms with Crippen LogP contribution in [-0.4, -0.2) is 57.3 Å². The fraction of sp³-hybridized carbons (Fsp3) is 1.00. The molecule has 0 amide bonds. The van der Waals surface area contributed by atoms with E-state index < -0.39 is 0 Å². The van der Waals surface area contributed by atoms with Gasteiger partial charge in [-0.3, -0.25) is 4.90 Å². The van der Waals surface area contributed by atoms with Crippen molar-refractivity contribution in [3.63, 3.8) is 0 Å². The SMILES string of the molecule is COC(CN1CCOCC1(C)C)OC. The van der Waals surface area contributed by atoms with Crippen LogP contribution < -0.4 is 0 Å². The first-order chi connectivity index (χ1) is 6.60. The van der Waals surface area contributed by atoms with Crippen molar-refractivity contribution in [3.05, 3.63) is 0 Å². The maximum absolute atomic E-state index is 5.44.